The normalized spacial score (nSPS) is 12.2. The zero-order valence-corrected chi connectivity index (χ0v) is 12.5. The molecule has 0 fully saturated rings. The van der Waals surface area contributed by atoms with E-state index < -0.39 is 0 Å². The summed E-state index contributed by atoms with van der Waals surface area (Å²) in [6.45, 7) is 2.34. The highest BCUT2D eigenvalue weighted by Crippen LogP contribution is 2.30. The number of rotatable bonds is 5. The van der Waals surface area contributed by atoms with Crippen LogP contribution in [0.25, 0.3) is 0 Å². The summed E-state index contributed by atoms with van der Waals surface area (Å²) in [4.78, 5) is 1.90. The first-order valence-electron chi connectivity index (χ1n) is 6.95. The van der Waals surface area contributed by atoms with Crippen LogP contribution in [0.15, 0.2) is 42.5 Å². The molecule has 1 unspecified atom stereocenters. The van der Waals surface area contributed by atoms with Crippen molar-refractivity contribution in [2.24, 2.45) is 0 Å². The molecule has 0 saturated heterocycles. The molecule has 1 N–H and O–H groups in total. The largest absolute Gasteiger partial charge is 0.367 e. The molecule has 0 aliphatic rings. The zero-order chi connectivity index (χ0) is 15.4. The monoisotopic (exact) mass is 290 g/mol. The minimum absolute atomic E-state index is 0.191. The van der Waals surface area contributed by atoms with Gasteiger partial charge in [-0.05, 0) is 32.2 Å². The van der Waals surface area contributed by atoms with Gasteiger partial charge in [-0.1, -0.05) is 24.3 Å². The van der Waals surface area contributed by atoms with E-state index in [0.29, 0.717) is 17.7 Å². The highest BCUT2D eigenvalue weighted by atomic mass is 19.1. The smallest absolute Gasteiger partial charge is 0.129 e. The SMILES string of the molecule is CNCc1c(F)cccc1N(C)C(C)c1ccccc1F. The number of halogens is 2. The van der Waals surface area contributed by atoms with Crippen LogP contribution >= 0.6 is 0 Å². The number of nitrogens with one attached hydrogen (secondary N) is 1. The molecule has 0 aliphatic heterocycles. The lowest BCUT2D eigenvalue weighted by Gasteiger charge is -2.29. The average molecular weight is 290 g/mol. The van der Waals surface area contributed by atoms with Crippen LogP contribution in [0, 0.1) is 11.6 Å². The van der Waals surface area contributed by atoms with E-state index in [-0.39, 0.29) is 17.7 Å². The third kappa shape index (κ3) is 3.22. The van der Waals surface area contributed by atoms with Crippen LogP contribution < -0.4 is 10.2 Å². The Morgan fingerprint density at radius 1 is 1.05 bits per heavy atom. The highest BCUT2D eigenvalue weighted by molar-refractivity contribution is 5.55. The van der Waals surface area contributed by atoms with Crippen LogP contribution in [0.2, 0.25) is 0 Å². The number of hydrogen-bond acceptors (Lipinski definition) is 2. The van der Waals surface area contributed by atoms with Crippen LogP contribution in [0.4, 0.5) is 14.5 Å². The number of nitrogens with zero attached hydrogens (tertiary/aromatic N) is 1. The van der Waals surface area contributed by atoms with Crippen LogP contribution in [0.3, 0.4) is 0 Å². The Morgan fingerprint density at radius 2 is 1.71 bits per heavy atom. The third-order valence-corrected chi connectivity index (χ3v) is 3.76. The molecule has 2 aromatic carbocycles. The molecule has 0 radical (unpaired) electrons. The topological polar surface area (TPSA) is 15.3 Å². The lowest BCUT2D eigenvalue weighted by Crippen LogP contribution is -2.25. The van der Waals surface area contributed by atoms with Gasteiger partial charge in [0.2, 0.25) is 0 Å². The van der Waals surface area contributed by atoms with Gasteiger partial charge in [-0.3, -0.25) is 0 Å². The zero-order valence-electron chi connectivity index (χ0n) is 12.5. The van der Waals surface area contributed by atoms with Gasteiger partial charge in [-0.25, -0.2) is 8.78 Å². The molecule has 1 atom stereocenters. The van der Waals surface area contributed by atoms with Gasteiger partial charge in [0.1, 0.15) is 11.6 Å². The third-order valence-electron chi connectivity index (χ3n) is 3.76. The molecule has 0 aromatic heterocycles. The number of benzene rings is 2. The second-order valence-electron chi connectivity index (χ2n) is 5.08. The minimum Gasteiger partial charge on any atom is -0.367 e. The molecule has 0 heterocycles. The Morgan fingerprint density at radius 3 is 2.38 bits per heavy atom. The standard InChI is InChI=1S/C17H20F2N2/c1-12(13-7-4-5-8-15(13)18)21(3)17-10-6-9-16(19)14(17)11-20-2/h4-10,12,20H,11H2,1-3H3. The maximum Gasteiger partial charge on any atom is 0.129 e. The second kappa shape index (κ2) is 6.68. The van der Waals surface area contributed by atoms with E-state index in [9.17, 15) is 8.78 Å². The van der Waals surface area contributed by atoms with Gasteiger partial charge in [-0.2, -0.15) is 0 Å². The summed E-state index contributed by atoms with van der Waals surface area (Å²) in [5.41, 5.74) is 1.95. The van der Waals surface area contributed by atoms with Crippen molar-refractivity contribution in [1.29, 1.82) is 0 Å². The number of anilines is 1. The molecule has 2 aromatic rings. The molecule has 0 saturated carbocycles. The Kier molecular flexibility index (Phi) is 4.91. The predicted molar refractivity (Wildman–Crippen MR) is 82.4 cm³/mol. The van der Waals surface area contributed by atoms with Gasteiger partial charge in [0, 0.05) is 30.4 Å². The quantitative estimate of drug-likeness (QED) is 0.899. The second-order valence-corrected chi connectivity index (χ2v) is 5.08. The molecule has 2 rings (SSSR count). The summed E-state index contributed by atoms with van der Waals surface area (Å²) in [5.74, 6) is -0.502. The molecule has 0 amide bonds. The molecular weight excluding hydrogens is 270 g/mol. The Hall–Kier alpha value is -1.94. The van der Waals surface area contributed by atoms with E-state index in [0.717, 1.165) is 5.69 Å². The molecule has 4 heteroatoms. The van der Waals surface area contributed by atoms with Crippen molar-refractivity contribution in [2.75, 3.05) is 19.0 Å². The fourth-order valence-electron chi connectivity index (χ4n) is 2.46. The van der Waals surface area contributed by atoms with Crippen LogP contribution in [0.5, 0.6) is 0 Å². The van der Waals surface area contributed by atoms with Gasteiger partial charge in [-0.15, -0.1) is 0 Å². The van der Waals surface area contributed by atoms with Crippen molar-refractivity contribution in [3.05, 3.63) is 65.2 Å². The van der Waals surface area contributed by atoms with E-state index in [1.54, 1.807) is 25.2 Å². The van der Waals surface area contributed by atoms with Crippen LogP contribution in [-0.2, 0) is 6.54 Å². The Bertz CT molecular complexity index is 613. The fourth-order valence-corrected chi connectivity index (χ4v) is 2.46. The molecule has 2 nitrogen and oxygen atoms in total. The first kappa shape index (κ1) is 15.4. The summed E-state index contributed by atoms with van der Waals surface area (Å²) in [5, 5.41) is 2.97. The lowest BCUT2D eigenvalue weighted by atomic mass is 10.0. The maximum atomic E-state index is 14.0. The maximum absolute atomic E-state index is 14.0. The lowest BCUT2D eigenvalue weighted by molar-refractivity contribution is 0.579. The van der Waals surface area contributed by atoms with E-state index in [1.165, 1.54) is 12.1 Å². The molecule has 0 bridgehead atoms. The molecular formula is C17H20F2N2. The first-order valence-corrected chi connectivity index (χ1v) is 6.95. The fraction of sp³-hybridized carbons (Fsp3) is 0.294. The summed E-state index contributed by atoms with van der Waals surface area (Å²) < 4.78 is 27.9. The molecule has 0 spiro atoms. The van der Waals surface area contributed by atoms with E-state index in [1.807, 2.05) is 31.0 Å². The van der Waals surface area contributed by atoms with Gasteiger partial charge in [0.05, 0.1) is 6.04 Å². The van der Waals surface area contributed by atoms with Gasteiger partial charge in [0.25, 0.3) is 0 Å². The van der Waals surface area contributed by atoms with Crippen molar-refractivity contribution in [3.8, 4) is 0 Å². The first-order chi connectivity index (χ1) is 10.1. The van der Waals surface area contributed by atoms with Crippen molar-refractivity contribution < 1.29 is 8.78 Å². The van der Waals surface area contributed by atoms with Crippen molar-refractivity contribution in [2.45, 2.75) is 19.5 Å². The van der Waals surface area contributed by atoms with Gasteiger partial charge in [0.15, 0.2) is 0 Å². The molecule has 112 valence electrons. The van der Waals surface area contributed by atoms with E-state index in [4.69, 9.17) is 0 Å². The molecule has 21 heavy (non-hydrogen) atoms. The average Bonchev–Trinajstić information content (AvgIpc) is 2.48. The summed E-state index contributed by atoms with van der Waals surface area (Å²) in [7, 11) is 3.63. The Labute approximate surface area is 124 Å². The van der Waals surface area contributed by atoms with Crippen molar-refractivity contribution in [3.63, 3.8) is 0 Å². The summed E-state index contributed by atoms with van der Waals surface area (Å²) >= 11 is 0. The van der Waals surface area contributed by atoms with Crippen molar-refractivity contribution in [1.82, 2.24) is 5.32 Å². The summed E-state index contributed by atoms with van der Waals surface area (Å²) in [6, 6.07) is 11.5. The molecule has 0 aliphatic carbocycles. The van der Waals surface area contributed by atoms with Crippen molar-refractivity contribution >= 4 is 5.69 Å². The van der Waals surface area contributed by atoms with Crippen LogP contribution in [0.1, 0.15) is 24.1 Å². The number of hydrogen-bond donors (Lipinski definition) is 1. The van der Waals surface area contributed by atoms with E-state index >= 15 is 0 Å². The van der Waals surface area contributed by atoms with Crippen LogP contribution in [-0.4, -0.2) is 14.1 Å². The Balaban J connectivity index is 2.38. The van der Waals surface area contributed by atoms with E-state index in [2.05, 4.69) is 5.32 Å². The minimum atomic E-state index is -0.255. The van der Waals surface area contributed by atoms with Gasteiger partial charge < -0.3 is 10.2 Å². The predicted octanol–water partition coefficient (Wildman–Crippen LogP) is 3.88. The van der Waals surface area contributed by atoms with Gasteiger partial charge >= 0.3 is 0 Å². The highest BCUT2D eigenvalue weighted by Gasteiger charge is 2.19. The summed E-state index contributed by atoms with van der Waals surface area (Å²) in [6.07, 6.45) is 0.